The molecule has 1 aliphatic heterocycles. The third kappa shape index (κ3) is 7.17. The van der Waals surface area contributed by atoms with E-state index >= 15 is 0 Å². The van der Waals surface area contributed by atoms with E-state index in [1.54, 1.807) is 0 Å². The predicted octanol–water partition coefficient (Wildman–Crippen LogP) is 5.72. The molecule has 4 aromatic rings. The highest BCUT2D eigenvalue weighted by Gasteiger charge is 2.25. The molecule has 1 fully saturated rings. The van der Waals surface area contributed by atoms with Crippen molar-refractivity contribution >= 4 is 50.9 Å². The van der Waals surface area contributed by atoms with Crippen LogP contribution in [0.4, 0.5) is 23.1 Å². The van der Waals surface area contributed by atoms with Crippen LogP contribution in [0.5, 0.6) is 5.75 Å². The van der Waals surface area contributed by atoms with Gasteiger partial charge in [-0.2, -0.15) is 9.97 Å². The van der Waals surface area contributed by atoms with Crippen LogP contribution in [-0.4, -0.2) is 61.0 Å². The lowest BCUT2D eigenvalue weighted by Gasteiger charge is -2.32. The van der Waals surface area contributed by atoms with Crippen LogP contribution in [0.15, 0.2) is 53.6 Å². The molecule has 1 amide bonds. The molecule has 3 heterocycles. The van der Waals surface area contributed by atoms with Gasteiger partial charge in [0.05, 0.1) is 45.1 Å². The summed E-state index contributed by atoms with van der Waals surface area (Å²) < 4.78 is 19.3. The molecule has 228 valence electrons. The van der Waals surface area contributed by atoms with Gasteiger partial charge in [-0.05, 0) is 94.1 Å². The number of amides is 1. The van der Waals surface area contributed by atoms with Crippen molar-refractivity contribution in [2.24, 2.45) is 5.73 Å². The summed E-state index contributed by atoms with van der Waals surface area (Å²) in [4.78, 5) is 27.0. The number of fused-ring (bicyclic) bond motifs is 1. The molecule has 1 aliphatic rings. The maximum absolute atomic E-state index is 13.0. The van der Waals surface area contributed by atoms with Crippen molar-refractivity contribution in [2.45, 2.75) is 69.6 Å². The van der Waals surface area contributed by atoms with E-state index in [0.717, 1.165) is 58.9 Å². The fourth-order valence-electron chi connectivity index (χ4n) is 5.55. The minimum atomic E-state index is -1.17. The van der Waals surface area contributed by atoms with Crippen molar-refractivity contribution in [3.05, 3.63) is 59.8 Å². The van der Waals surface area contributed by atoms with E-state index in [-0.39, 0.29) is 17.3 Å². The van der Waals surface area contributed by atoms with Gasteiger partial charge in [0.2, 0.25) is 11.9 Å². The number of nitrogens with zero attached hydrogens (tertiary/aromatic N) is 3. The average molecular weight is 604 g/mol. The molecule has 1 unspecified atom stereocenters. The molecule has 2 aromatic heterocycles. The molecular formula is C32H41N7O3S. The summed E-state index contributed by atoms with van der Waals surface area (Å²) in [5, 5.41) is 7.64. The Hall–Kier alpha value is -3.96. The fourth-order valence-corrected chi connectivity index (χ4v) is 6.61. The van der Waals surface area contributed by atoms with Gasteiger partial charge in [-0.25, -0.2) is 0 Å². The van der Waals surface area contributed by atoms with E-state index in [4.69, 9.17) is 20.4 Å². The van der Waals surface area contributed by atoms with Crippen molar-refractivity contribution in [1.82, 2.24) is 19.9 Å². The molecule has 1 saturated heterocycles. The lowest BCUT2D eigenvalue weighted by molar-refractivity contribution is -0.119. The van der Waals surface area contributed by atoms with Crippen LogP contribution in [0, 0.1) is 6.92 Å². The van der Waals surface area contributed by atoms with Crippen LogP contribution in [0.2, 0.25) is 0 Å². The number of para-hydroxylation sites is 1. The maximum atomic E-state index is 13.0. The Morgan fingerprint density at radius 3 is 2.53 bits per heavy atom. The highest BCUT2D eigenvalue weighted by atomic mass is 32.2. The molecular weight excluding hydrogens is 562 g/mol. The van der Waals surface area contributed by atoms with Gasteiger partial charge >= 0.3 is 0 Å². The zero-order chi connectivity index (χ0) is 30.7. The summed E-state index contributed by atoms with van der Waals surface area (Å²) in [5.74, 6) is 1.82. The second-order valence-corrected chi connectivity index (χ2v) is 13.6. The Kier molecular flexibility index (Phi) is 9.31. The second-order valence-electron chi connectivity index (χ2n) is 11.6. The standard InChI is InChI=1S/C32H41N7O3S/c1-19(2)42-27-17-24(22-11-14-39(15-12-22)18-29(33)40)21(5)16-26(27)36-32-37-30-23(10-13-34-30)31(38-32)35-25-8-6-7-9-28(25)43(41)20(3)4/h6-10,13,16-17,19-20,22H,11-12,14-15,18H2,1-5H3,(H2,33,40)(H3,34,35,36,37,38). The van der Waals surface area contributed by atoms with Gasteiger partial charge in [0.25, 0.3) is 0 Å². The first kappa shape index (κ1) is 30.5. The van der Waals surface area contributed by atoms with Crippen molar-refractivity contribution in [2.75, 3.05) is 30.3 Å². The molecule has 0 saturated carbocycles. The number of hydrogen-bond acceptors (Lipinski definition) is 8. The minimum absolute atomic E-state index is 0.0221. The van der Waals surface area contributed by atoms with E-state index in [1.807, 2.05) is 64.2 Å². The average Bonchev–Trinajstić information content (AvgIpc) is 3.43. The molecule has 11 heteroatoms. The molecule has 0 spiro atoms. The number of carbonyl (C=O) groups excluding carboxylic acids is 1. The highest BCUT2D eigenvalue weighted by molar-refractivity contribution is 7.85. The van der Waals surface area contributed by atoms with Crippen molar-refractivity contribution in [1.29, 1.82) is 0 Å². The van der Waals surface area contributed by atoms with Gasteiger partial charge in [-0.1, -0.05) is 26.0 Å². The van der Waals surface area contributed by atoms with E-state index in [1.165, 1.54) is 5.56 Å². The first-order valence-corrected chi connectivity index (χ1v) is 16.0. The molecule has 5 rings (SSSR count). The molecule has 43 heavy (non-hydrogen) atoms. The number of rotatable bonds is 11. The number of hydrogen-bond donors (Lipinski definition) is 4. The number of likely N-dealkylation sites (tertiary alicyclic amines) is 1. The Bertz CT molecular complexity index is 1630. The van der Waals surface area contributed by atoms with Crippen LogP contribution >= 0.6 is 0 Å². The highest BCUT2D eigenvalue weighted by Crippen LogP contribution is 2.38. The third-order valence-corrected chi connectivity index (χ3v) is 9.23. The lowest BCUT2D eigenvalue weighted by atomic mass is 9.86. The lowest BCUT2D eigenvalue weighted by Crippen LogP contribution is -2.39. The van der Waals surface area contributed by atoms with E-state index in [2.05, 4.69) is 39.6 Å². The summed E-state index contributed by atoms with van der Waals surface area (Å²) in [7, 11) is -1.17. The smallest absolute Gasteiger partial charge is 0.231 e. The number of nitrogens with one attached hydrogen (secondary N) is 3. The number of anilines is 4. The van der Waals surface area contributed by atoms with Crippen LogP contribution < -0.4 is 21.1 Å². The molecule has 2 aromatic carbocycles. The molecule has 0 aliphatic carbocycles. The molecule has 5 N–H and O–H groups in total. The van der Waals surface area contributed by atoms with Gasteiger partial charge in [0, 0.05) is 11.4 Å². The third-order valence-electron chi connectivity index (χ3n) is 7.58. The molecule has 10 nitrogen and oxygen atoms in total. The summed E-state index contributed by atoms with van der Waals surface area (Å²) in [6, 6.07) is 13.8. The number of aryl methyl sites for hydroxylation is 1. The van der Waals surface area contributed by atoms with Gasteiger partial charge in [-0.3, -0.25) is 13.9 Å². The molecule has 1 atom stereocenters. The van der Waals surface area contributed by atoms with Crippen LogP contribution in [0.1, 0.15) is 57.6 Å². The first-order chi connectivity index (χ1) is 20.6. The summed E-state index contributed by atoms with van der Waals surface area (Å²) in [5.41, 5.74) is 10.00. The molecule has 0 radical (unpaired) electrons. The van der Waals surface area contributed by atoms with E-state index in [9.17, 15) is 9.00 Å². The summed E-state index contributed by atoms with van der Waals surface area (Å²) >= 11 is 0. The van der Waals surface area contributed by atoms with Gasteiger partial charge < -0.3 is 26.1 Å². The van der Waals surface area contributed by atoms with Crippen molar-refractivity contribution < 1.29 is 13.7 Å². The number of piperidine rings is 1. The van der Waals surface area contributed by atoms with Crippen LogP contribution in [0.3, 0.4) is 0 Å². The quantitative estimate of drug-likeness (QED) is 0.171. The topological polar surface area (TPSA) is 138 Å². The number of H-pyrrole nitrogens is 1. The second kappa shape index (κ2) is 13.1. The van der Waals surface area contributed by atoms with Gasteiger partial charge in [-0.15, -0.1) is 0 Å². The number of aromatic amines is 1. The predicted molar refractivity (Wildman–Crippen MR) is 173 cm³/mol. The Morgan fingerprint density at radius 1 is 1.09 bits per heavy atom. The minimum Gasteiger partial charge on any atom is -0.489 e. The Morgan fingerprint density at radius 2 is 1.84 bits per heavy atom. The number of primary amides is 1. The number of aromatic nitrogens is 3. The largest absolute Gasteiger partial charge is 0.489 e. The monoisotopic (exact) mass is 603 g/mol. The van der Waals surface area contributed by atoms with E-state index in [0.29, 0.717) is 29.9 Å². The fraction of sp³-hybridized carbons (Fsp3) is 0.406. The van der Waals surface area contributed by atoms with Crippen molar-refractivity contribution in [3.63, 3.8) is 0 Å². The number of carbonyl (C=O) groups is 1. The number of ether oxygens (including phenoxy) is 1. The zero-order valence-electron chi connectivity index (χ0n) is 25.4. The normalized spacial score (nSPS) is 15.2. The van der Waals surface area contributed by atoms with Gasteiger partial charge in [0.1, 0.15) is 17.2 Å². The SMILES string of the molecule is Cc1cc(Nc2nc(Nc3ccccc3S(=O)C(C)C)c3cc[nH]c3n2)c(OC(C)C)cc1C1CCN(CC(N)=O)CC1. The number of nitrogens with two attached hydrogens (primary N) is 1. The summed E-state index contributed by atoms with van der Waals surface area (Å²) in [6.45, 7) is 12.0. The Labute approximate surface area is 255 Å². The number of benzene rings is 2. The summed E-state index contributed by atoms with van der Waals surface area (Å²) in [6.07, 6.45) is 3.70. The Balaban J connectivity index is 1.45. The van der Waals surface area contributed by atoms with E-state index < -0.39 is 10.8 Å². The van der Waals surface area contributed by atoms with Crippen LogP contribution in [0.25, 0.3) is 11.0 Å². The van der Waals surface area contributed by atoms with Crippen LogP contribution in [-0.2, 0) is 15.6 Å². The maximum Gasteiger partial charge on any atom is 0.231 e. The van der Waals surface area contributed by atoms with Crippen molar-refractivity contribution in [3.8, 4) is 5.75 Å². The first-order valence-electron chi connectivity index (χ1n) is 14.8. The van der Waals surface area contributed by atoms with Gasteiger partial charge in [0.15, 0.2) is 0 Å². The zero-order valence-corrected chi connectivity index (χ0v) is 26.3. The molecule has 0 bridgehead atoms.